The predicted molar refractivity (Wildman–Crippen MR) is 95.0 cm³/mol. The summed E-state index contributed by atoms with van der Waals surface area (Å²) >= 11 is 1.83. The van der Waals surface area contributed by atoms with Gasteiger partial charge in [-0.3, -0.25) is 0 Å². The topological polar surface area (TPSA) is 12.0 Å². The summed E-state index contributed by atoms with van der Waals surface area (Å²) in [4.78, 5) is 0. The Hall–Kier alpha value is -0.340. The Labute approximate surface area is 135 Å². The van der Waals surface area contributed by atoms with Gasteiger partial charge in [-0.2, -0.15) is 11.3 Å². The molecule has 0 aliphatic heterocycles. The van der Waals surface area contributed by atoms with E-state index < -0.39 is 0 Å². The van der Waals surface area contributed by atoms with Crippen LogP contribution in [0, 0.1) is 17.3 Å². The van der Waals surface area contributed by atoms with Gasteiger partial charge in [0.15, 0.2) is 0 Å². The van der Waals surface area contributed by atoms with Crippen molar-refractivity contribution in [2.75, 3.05) is 6.54 Å². The van der Waals surface area contributed by atoms with E-state index in [0.29, 0.717) is 5.41 Å². The molecule has 0 spiro atoms. The van der Waals surface area contributed by atoms with E-state index in [4.69, 9.17) is 0 Å². The lowest BCUT2D eigenvalue weighted by atomic mass is 9.66. The molecule has 1 heterocycles. The summed E-state index contributed by atoms with van der Waals surface area (Å²) in [6, 6.07) is 3.05. The zero-order chi connectivity index (χ0) is 15.3. The minimum Gasteiger partial charge on any atom is -0.314 e. The molecule has 0 amide bonds. The number of hydrogen-bond acceptors (Lipinski definition) is 2. The third-order valence-corrected chi connectivity index (χ3v) is 5.98. The maximum Gasteiger partial charge on any atom is 0.00956 e. The van der Waals surface area contributed by atoms with E-state index in [-0.39, 0.29) is 0 Å². The highest BCUT2D eigenvalue weighted by atomic mass is 32.1. The van der Waals surface area contributed by atoms with Crippen LogP contribution in [0.2, 0.25) is 0 Å². The third-order valence-electron chi connectivity index (χ3n) is 5.25. The molecule has 0 bridgehead atoms. The number of rotatable bonds is 6. The summed E-state index contributed by atoms with van der Waals surface area (Å²) in [5, 5.41) is 8.35. The third kappa shape index (κ3) is 5.10. The van der Waals surface area contributed by atoms with Crippen molar-refractivity contribution in [2.45, 2.75) is 72.3 Å². The fourth-order valence-corrected chi connectivity index (χ4v) is 4.46. The molecular weight excluding hydrogens is 274 g/mol. The maximum atomic E-state index is 3.83. The van der Waals surface area contributed by atoms with Crippen LogP contribution < -0.4 is 5.32 Å². The van der Waals surface area contributed by atoms with Crippen molar-refractivity contribution in [1.82, 2.24) is 5.32 Å². The van der Waals surface area contributed by atoms with Crippen molar-refractivity contribution in [3.8, 4) is 0 Å². The Balaban J connectivity index is 1.94. The van der Waals surface area contributed by atoms with Gasteiger partial charge in [-0.05, 0) is 84.7 Å². The van der Waals surface area contributed by atoms with Gasteiger partial charge in [0, 0.05) is 6.04 Å². The monoisotopic (exact) mass is 307 g/mol. The van der Waals surface area contributed by atoms with Crippen LogP contribution in [0.25, 0.3) is 0 Å². The Bertz CT molecular complexity index is 390. The highest BCUT2D eigenvalue weighted by molar-refractivity contribution is 7.07. The van der Waals surface area contributed by atoms with Crippen LogP contribution >= 0.6 is 11.3 Å². The smallest absolute Gasteiger partial charge is 0.00956 e. The first-order valence-electron chi connectivity index (χ1n) is 8.75. The largest absolute Gasteiger partial charge is 0.314 e. The van der Waals surface area contributed by atoms with Crippen molar-refractivity contribution < 1.29 is 0 Å². The molecule has 120 valence electrons. The SMILES string of the molecule is CCCNC1CCC(C(C)(C)C)CC1CCc1ccsc1. The first-order chi connectivity index (χ1) is 10.0. The minimum absolute atomic E-state index is 0.469. The summed E-state index contributed by atoms with van der Waals surface area (Å²) < 4.78 is 0. The molecule has 0 radical (unpaired) electrons. The van der Waals surface area contributed by atoms with Gasteiger partial charge in [-0.15, -0.1) is 0 Å². The second-order valence-corrected chi connectivity index (χ2v) is 8.65. The molecule has 1 aliphatic rings. The molecular formula is C19H33NS. The van der Waals surface area contributed by atoms with E-state index in [0.717, 1.165) is 17.9 Å². The Morgan fingerprint density at radius 1 is 1.29 bits per heavy atom. The molecule has 1 aromatic rings. The van der Waals surface area contributed by atoms with Crippen LogP contribution in [0.4, 0.5) is 0 Å². The molecule has 1 nitrogen and oxygen atoms in total. The second kappa shape index (κ2) is 7.78. The summed E-state index contributed by atoms with van der Waals surface area (Å²) in [5.74, 6) is 1.75. The maximum absolute atomic E-state index is 3.83. The molecule has 0 aromatic carbocycles. The first kappa shape index (κ1) is 17.0. The fraction of sp³-hybridized carbons (Fsp3) is 0.789. The van der Waals surface area contributed by atoms with Gasteiger partial charge in [-0.25, -0.2) is 0 Å². The molecule has 1 fully saturated rings. The predicted octanol–water partition coefficient (Wildman–Crippen LogP) is 5.51. The van der Waals surface area contributed by atoms with Gasteiger partial charge in [0.25, 0.3) is 0 Å². The molecule has 1 aromatic heterocycles. The molecule has 1 aliphatic carbocycles. The van der Waals surface area contributed by atoms with E-state index in [1.54, 1.807) is 0 Å². The molecule has 21 heavy (non-hydrogen) atoms. The molecule has 0 saturated heterocycles. The van der Waals surface area contributed by atoms with Crippen molar-refractivity contribution in [1.29, 1.82) is 0 Å². The van der Waals surface area contributed by atoms with Crippen LogP contribution in [0.3, 0.4) is 0 Å². The normalized spacial score (nSPS) is 27.0. The molecule has 1 N–H and O–H groups in total. The molecule has 3 unspecified atom stereocenters. The van der Waals surface area contributed by atoms with Crippen molar-refractivity contribution >= 4 is 11.3 Å². The summed E-state index contributed by atoms with van der Waals surface area (Å²) in [6.07, 6.45) is 8.04. The molecule has 2 heteroatoms. The summed E-state index contributed by atoms with van der Waals surface area (Å²) in [6.45, 7) is 10.7. The Morgan fingerprint density at radius 3 is 2.71 bits per heavy atom. The Kier molecular flexibility index (Phi) is 6.31. The van der Waals surface area contributed by atoms with E-state index in [9.17, 15) is 0 Å². The quantitative estimate of drug-likeness (QED) is 0.730. The lowest BCUT2D eigenvalue weighted by molar-refractivity contribution is 0.110. The summed E-state index contributed by atoms with van der Waals surface area (Å²) in [7, 11) is 0. The van der Waals surface area contributed by atoms with Crippen molar-refractivity contribution in [3.63, 3.8) is 0 Å². The average molecular weight is 308 g/mol. The number of hydrogen-bond donors (Lipinski definition) is 1. The second-order valence-electron chi connectivity index (χ2n) is 7.87. The standard InChI is InChI=1S/C19H33NS/c1-5-11-20-18-9-8-17(19(2,3)4)13-16(18)7-6-15-10-12-21-14-15/h10,12,14,16-18,20H,5-9,11,13H2,1-4H3. The van der Waals surface area contributed by atoms with Crippen LogP contribution in [0.1, 0.15) is 65.4 Å². The van der Waals surface area contributed by atoms with Gasteiger partial charge in [0.2, 0.25) is 0 Å². The van der Waals surface area contributed by atoms with E-state index in [1.165, 1.54) is 50.6 Å². The van der Waals surface area contributed by atoms with Crippen molar-refractivity contribution in [2.24, 2.45) is 17.3 Å². The summed E-state index contributed by atoms with van der Waals surface area (Å²) in [5.41, 5.74) is 2.00. The number of thiophene rings is 1. The van der Waals surface area contributed by atoms with Crippen molar-refractivity contribution in [3.05, 3.63) is 22.4 Å². The lowest BCUT2D eigenvalue weighted by Crippen LogP contribution is -2.43. The molecule has 3 atom stereocenters. The van der Waals surface area contributed by atoms with Gasteiger partial charge < -0.3 is 5.32 Å². The molecule has 2 rings (SSSR count). The highest BCUT2D eigenvalue weighted by Gasteiger charge is 2.35. The van der Waals surface area contributed by atoms with E-state index in [2.05, 4.69) is 49.8 Å². The first-order valence-corrected chi connectivity index (χ1v) is 9.69. The van der Waals surface area contributed by atoms with Gasteiger partial charge in [0.1, 0.15) is 0 Å². The van der Waals surface area contributed by atoms with E-state index in [1.807, 2.05) is 11.3 Å². The number of aryl methyl sites for hydroxylation is 1. The molecule has 1 saturated carbocycles. The van der Waals surface area contributed by atoms with Crippen LogP contribution in [-0.4, -0.2) is 12.6 Å². The zero-order valence-electron chi connectivity index (χ0n) is 14.3. The average Bonchev–Trinajstić information content (AvgIpc) is 2.95. The fourth-order valence-electron chi connectivity index (χ4n) is 3.76. The van der Waals surface area contributed by atoms with Crippen LogP contribution in [-0.2, 0) is 6.42 Å². The highest BCUT2D eigenvalue weighted by Crippen LogP contribution is 2.41. The Morgan fingerprint density at radius 2 is 2.10 bits per heavy atom. The van der Waals surface area contributed by atoms with Crippen LogP contribution in [0.5, 0.6) is 0 Å². The van der Waals surface area contributed by atoms with Gasteiger partial charge in [-0.1, -0.05) is 27.7 Å². The minimum atomic E-state index is 0.469. The lowest BCUT2D eigenvalue weighted by Gasteiger charge is -2.42. The van der Waals surface area contributed by atoms with E-state index >= 15 is 0 Å². The van der Waals surface area contributed by atoms with Crippen LogP contribution in [0.15, 0.2) is 16.8 Å². The number of nitrogens with one attached hydrogen (secondary N) is 1. The zero-order valence-corrected chi connectivity index (χ0v) is 15.1. The van der Waals surface area contributed by atoms with Gasteiger partial charge >= 0.3 is 0 Å². The van der Waals surface area contributed by atoms with Gasteiger partial charge in [0.05, 0.1) is 0 Å².